The van der Waals surface area contributed by atoms with Gasteiger partial charge in [-0.25, -0.2) is 0 Å². The molecule has 0 atom stereocenters. The highest BCUT2D eigenvalue weighted by Crippen LogP contribution is 2.39. The van der Waals surface area contributed by atoms with Gasteiger partial charge < -0.3 is 0 Å². The van der Waals surface area contributed by atoms with Crippen molar-refractivity contribution in [3.63, 3.8) is 0 Å². The molecule has 2 aromatic carbocycles. The standard InChI is InChI=1S/C20H21Br/c1-3-4-5-15-7-9-16(10-8-15)17-12-13-19(21)18-11-6-14(2)20(17)18/h6-10,12-13H,3-5,11H2,1-2H3. The van der Waals surface area contributed by atoms with E-state index >= 15 is 0 Å². The molecule has 0 aromatic heterocycles. The molecule has 0 radical (unpaired) electrons. The molecule has 0 saturated carbocycles. The highest BCUT2D eigenvalue weighted by molar-refractivity contribution is 9.10. The van der Waals surface area contributed by atoms with Gasteiger partial charge in [-0.2, -0.15) is 0 Å². The lowest BCUT2D eigenvalue weighted by Gasteiger charge is -2.13. The molecule has 0 heterocycles. The minimum absolute atomic E-state index is 1.05. The Hall–Kier alpha value is -1.34. The van der Waals surface area contributed by atoms with Crippen molar-refractivity contribution in [1.82, 2.24) is 0 Å². The fourth-order valence-electron chi connectivity index (χ4n) is 3.10. The quantitative estimate of drug-likeness (QED) is 0.602. The number of allylic oxidation sites excluding steroid dienone is 2. The minimum Gasteiger partial charge on any atom is -0.0765 e. The fourth-order valence-corrected chi connectivity index (χ4v) is 3.59. The van der Waals surface area contributed by atoms with Crippen molar-refractivity contribution in [3.05, 3.63) is 63.6 Å². The van der Waals surface area contributed by atoms with Gasteiger partial charge in [0.05, 0.1) is 0 Å². The Bertz CT molecular complexity index is 678. The first kappa shape index (κ1) is 14.6. The van der Waals surface area contributed by atoms with Crippen LogP contribution in [0, 0.1) is 0 Å². The Balaban J connectivity index is 1.98. The number of benzene rings is 2. The van der Waals surface area contributed by atoms with Gasteiger partial charge in [-0.15, -0.1) is 0 Å². The lowest BCUT2D eigenvalue weighted by atomic mass is 9.93. The number of halogens is 1. The molecule has 0 unspecified atom stereocenters. The van der Waals surface area contributed by atoms with Crippen molar-refractivity contribution in [2.45, 2.75) is 39.5 Å². The van der Waals surface area contributed by atoms with Crippen LogP contribution in [-0.2, 0) is 12.8 Å². The molecule has 0 nitrogen and oxygen atoms in total. The van der Waals surface area contributed by atoms with E-state index in [-0.39, 0.29) is 0 Å². The number of hydrogen-bond donors (Lipinski definition) is 0. The largest absolute Gasteiger partial charge is 0.0765 e. The van der Waals surface area contributed by atoms with Crippen molar-refractivity contribution < 1.29 is 0 Å². The summed E-state index contributed by atoms with van der Waals surface area (Å²) in [5, 5.41) is 0. The third-order valence-electron chi connectivity index (χ3n) is 4.35. The summed E-state index contributed by atoms with van der Waals surface area (Å²) in [6, 6.07) is 13.6. The van der Waals surface area contributed by atoms with E-state index in [0.717, 1.165) is 6.42 Å². The average Bonchev–Trinajstić information content (AvgIpc) is 2.90. The predicted molar refractivity (Wildman–Crippen MR) is 95.5 cm³/mol. The Labute approximate surface area is 136 Å². The topological polar surface area (TPSA) is 0 Å². The van der Waals surface area contributed by atoms with Gasteiger partial charge in [0.2, 0.25) is 0 Å². The van der Waals surface area contributed by atoms with E-state index < -0.39 is 0 Å². The maximum atomic E-state index is 3.69. The number of unbranched alkanes of at least 4 members (excludes halogenated alkanes) is 1. The molecular formula is C20H21Br. The highest BCUT2D eigenvalue weighted by atomic mass is 79.9. The van der Waals surface area contributed by atoms with Crippen LogP contribution in [0.1, 0.15) is 43.4 Å². The molecule has 1 aliphatic carbocycles. The fraction of sp³-hybridized carbons (Fsp3) is 0.300. The molecule has 0 N–H and O–H groups in total. The molecule has 0 bridgehead atoms. The van der Waals surface area contributed by atoms with Crippen molar-refractivity contribution in [1.29, 1.82) is 0 Å². The smallest absolute Gasteiger partial charge is 0.0216 e. The second-order valence-electron chi connectivity index (χ2n) is 5.84. The Morgan fingerprint density at radius 3 is 2.52 bits per heavy atom. The number of hydrogen-bond acceptors (Lipinski definition) is 0. The van der Waals surface area contributed by atoms with Crippen LogP contribution in [0.5, 0.6) is 0 Å². The molecule has 0 fully saturated rings. The predicted octanol–water partition coefficient (Wildman–Crippen LogP) is 6.42. The second kappa shape index (κ2) is 6.19. The molecular weight excluding hydrogens is 320 g/mol. The first-order valence-electron chi connectivity index (χ1n) is 7.78. The normalized spacial score (nSPS) is 13.2. The van der Waals surface area contributed by atoms with Crippen molar-refractivity contribution in [2.24, 2.45) is 0 Å². The molecule has 21 heavy (non-hydrogen) atoms. The summed E-state index contributed by atoms with van der Waals surface area (Å²) in [5.74, 6) is 0. The van der Waals surface area contributed by atoms with Gasteiger partial charge in [0.1, 0.15) is 0 Å². The van der Waals surface area contributed by atoms with Crippen LogP contribution in [0.3, 0.4) is 0 Å². The number of aryl methyl sites for hydroxylation is 1. The van der Waals surface area contributed by atoms with E-state index in [1.165, 1.54) is 57.1 Å². The summed E-state index contributed by atoms with van der Waals surface area (Å²) in [6.07, 6.45) is 7.09. The van der Waals surface area contributed by atoms with Crippen LogP contribution >= 0.6 is 15.9 Å². The molecule has 108 valence electrons. The number of rotatable bonds is 4. The lowest BCUT2D eigenvalue weighted by molar-refractivity contribution is 0.795. The van der Waals surface area contributed by atoms with Crippen LogP contribution in [0.25, 0.3) is 16.7 Å². The van der Waals surface area contributed by atoms with E-state index in [2.05, 4.69) is 72.3 Å². The Morgan fingerprint density at radius 2 is 1.81 bits per heavy atom. The Morgan fingerprint density at radius 1 is 1.05 bits per heavy atom. The zero-order valence-electron chi connectivity index (χ0n) is 12.7. The molecule has 2 aromatic rings. The van der Waals surface area contributed by atoms with Crippen molar-refractivity contribution >= 4 is 21.5 Å². The van der Waals surface area contributed by atoms with Crippen LogP contribution in [-0.4, -0.2) is 0 Å². The van der Waals surface area contributed by atoms with E-state index in [1.54, 1.807) is 0 Å². The molecule has 0 saturated heterocycles. The molecule has 1 aliphatic rings. The van der Waals surface area contributed by atoms with Crippen LogP contribution < -0.4 is 0 Å². The molecule has 0 spiro atoms. The first-order valence-corrected chi connectivity index (χ1v) is 8.58. The lowest BCUT2D eigenvalue weighted by Crippen LogP contribution is -1.92. The summed E-state index contributed by atoms with van der Waals surface area (Å²) < 4.78 is 1.23. The van der Waals surface area contributed by atoms with Gasteiger partial charge in [0.25, 0.3) is 0 Å². The zero-order valence-corrected chi connectivity index (χ0v) is 14.3. The molecule has 0 aliphatic heterocycles. The van der Waals surface area contributed by atoms with E-state index in [0.29, 0.717) is 0 Å². The van der Waals surface area contributed by atoms with Gasteiger partial charge in [0.15, 0.2) is 0 Å². The van der Waals surface area contributed by atoms with Crippen LogP contribution in [0.4, 0.5) is 0 Å². The third kappa shape index (κ3) is 2.85. The average molecular weight is 341 g/mol. The summed E-state index contributed by atoms with van der Waals surface area (Å²) in [4.78, 5) is 0. The summed E-state index contributed by atoms with van der Waals surface area (Å²) in [7, 11) is 0. The summed E-state index contributed by atoms with van der Waals surface area (Å²) >= 11 is 3.69. The maximum absolute atomic E-state index is 3.69. The van der Waals surface area contributed by atoms with Crippen LogP contribution in [0.2, 0.25) is 0 Å². The van der Waals surface area contributed by atoms with Gasteiger partial charge in [-0.05, 0) is 65.6 Å². The second-order valence-corrected chi connectivity index (χ2v) is 6.69. The van der Waals surface area contributed by atoms with E-state index in [1.807, 2.05) is 0 Å². The monoisotopic (exact) mass is 340 g/mol. The highest BCUT2D eigenvalue weighted by Gasteiger charge is 2.18. The van der Waals surface area contributed by atoms with Gasteiger partial charge in [-0.1, -0.05) is 65.7 Å². The number of fused-ring (bicyclic) bond motifs is 1. The van der Waals surface area contributed by atoms with E-state index in [9.17, 15) is 0 Å². The van der Waals surface area contributed by atoms with Crippen LogP contribution in [0.15, 0.2) is 46.9 Å². The zero-order chi connectivity index (χ0) is 14.8. The summed E-state index contributed by atoms with van der Waals surface area (Å²) in [5.41, 5.74) is 8.39. The molecule has 0 amide bonds. The Kier molecular flexibility index (Phi) is 4.30. The molecule has 1 heteroatoms. The molecule has 3 rings (SSSR count). The van der Waals surface area contributed by atoms with Crippen molar-refractivity contribution in [3.8, 4) is 11.1 Å². The minimum atomic E-state index is 1.05. The third-order valence-corrected chi connectivity index (χ3v) is 5.09. The van der Waals surface area contributed by atoms with Gasteiger partial charge in [-0.3, -0.25) is 0 Å². The van der Waals surface area contributed by atoms with Gasteiger partial charge >= 0.3 is 0 Å². The van der Waals surface area contributed by atoms with E-state index in [4.69, 9.17) is 0 Å². The SMILES string of the molecule is CCCCc1ccc(-c2ccc(Br)c3c2C(C)=CC3)cc1. The van der Waals surface area contributed by atoms with Crippen molar-refractivity contribution in [2.75, 3.05) is 0 Å². The maximum Gasteiger partial charge on any atom is 0.0216 e. The van der Waals surface area contributed by atoms with Gasteiger partial charge in [0, 0.05) is 4.47 Å². The summed E-state index contributed by atoms with van der Waals surface area (Å²) in [6.45, 7) is 4.46. The first-order chi connectivity index (χ1) is 10.2.